The standard InChI is InChI=1S/C7H12NO2/c1-2-5-8-7(10)4-3-6-9/h6H,1-5H2,(H,8,10). The zero-order valence-corrected chi connectivity index (χ0v) is 5.93. The summed E-state index contributed by atoms with van der Waals surface area (Å²) in [7, 11) is 0. The molecule has 0 aliphatic heterocycles. The molecule has 1 radical (unpaired) electrons. The monoisotopic (exact) mass is 142 g/mol. The summed E-state index contributed by atoms with van der Waals surface area (Å²) < 4.78 is 0. The third kappa shape index (κ3) is 5.28. The van der Waals surface area contributed by atoms with E-state index in [2.05, 4.69) is 12.2 Å². The number of carbonyl (C=O) groups is 2. The summed E-state index contributed by atoms with van der Waals surface area (Å²) in [5, 5.41) is 2.61. The van der Waals surface area contributed by atoms with Crippen molar-refractivity contribution in [3.05, 3.63) is 6.92 Å². The van der Waals surface area contributed by atoms with Crippen LogP contribution < -0.4 is 5.32 Å². The molecule has 0 saturated carbocycles. The molecule has 0 aromatic heterocycles. The molecule has 0 rings (SSSR count). The summed E-state index contributed by atoms with van der Waals surface area (Å²) in [5.74, 6) is -0.0734. The number of aldehydes is 1. The molecular weight excluding hydrogens is 130 g/mol. The molecule has 0 spiro atoms. The first kappa shape index (κ1) is 9.14. The lowest BCUT2D eigenvalue weighted by Gasteiger charge is -1.98. The Kier molecular flexibility index (Phi) is 5.72. The number of nitrogens with one attached hydrogen (secondary N) is 1. The van der Waals surface area contributed by atoms with Gasteiger partial charge in [-0.05, 0) is 6.42 Å². The van der Waals surface area contributed by atoms with Crippen molar-refractivity contribution >= 4 is 12.2 Å². The van der Waals surface area contributed by atoms with Crippen molar-refractivity contribution in [1.82, 2.24) is 5.32 Å². The zero-order valence-electron chi connectivity index (χ0n) is 5.93. The molecule has 0 aliphatic carbocycles. The Morgan fingerprint density at radius 3 is 2.80 bits per heavy atom. The van der Waals surface area contributed by atoms with Gasteiger partial charge in [0.15, 0.2) is 0 Å². The highest BCUT2D eigenvalue weighted by molar-refractivity contribution is 5.77. The second-order valence-electron chi connectivity index (χ2n) is 1.91. The number of hydrogen-bond acceptors (Lipinski definition) is 2. The SMILES string of the molecule is [CH2]CCNC(=O)CCC=O. The van der Waals surface area contributed by atoms with Gasteiger partial charge in [0, 0.05) is 19.4 Å². The molecule has 3 nitrogen and oxygen atoms in total. The van der Waals surface area contributed by atoms with E-state index in [1.807, 2.05) is 0 Å². The Morgan fingerprint density at radius 1 is 1.60 bits per heavy atom. The Balaban J connectivity index is 3.16. The molecule has 0 bridgehead atoms. The van der Waals surface area contributed by atoms with Crippen LogP contribution in [0.5, 0.6) is 0 Å². The molecule has 0 atom stereocenters. The maximum Gasteiger partial charge on any atom is 0.220 e. The number of amides is 1. The number of hydrogen-bond donors (Lipinski definition) is 1. The van der Waals surface area contributed by atoms with Crippen LogP contribution >= 0.6 is 0 Å². The topological polar surface area (TPSA) is 46.2 Å². The van der Waals surface area contributed by atoms with Crippen molar-refractivity contribution in [2.45, 2.75) is 19.3 Å². The van der Waals surface area contributed by atoms with Crippen molar-refractivity contribution in [2.75, 3.05) is 6.54 Å². The van der Waals surface area contributed by atoms with Crippen molar-refractivity contribution in [2.24, 2.45) is 0 Å². The fourth-order valence-corrected chi connectivity index (χ4v) is 0.506. The van der Waals surface area contributed by atoms with Gasteiger partial charge in [0.1, 0.15) is 6.29 Å². The smallest absolute Gasteiger partial charge is 0.220 e. The van der Waals surface area contributed by atoms with Gasteiger partial charge >= 0.3 is 0 Å². The predicted octanol–water partition coefficient (Wildman–Crippen LogP) is 0.306. The highest BCUT2D eigenvalue weighted by Crippen LogP contribution is 1.83. The number of carbonyl (C=O) groups excluding carboxylic acids is 2. The van der Waals surface area contributed by atoms with Crippen LogP contribution in [0.15, 0.2) is 0 Å². The van der Waals surface area contributed by atoms with Gasteiger partial charge in [-0.2, -0.15) is 0 Å². The number of rotatable bonds is 5. The summed E-state index contributed by atoms with van der Waals surface area (Å²) in [6.07, 6.45) is 2.03. The Hall–Kier alpha value is -0.860. The maximum atomic E-state index is 10.7. The summed E-state index contributed by atoms with van der Waals surface area (Å²) in [4.78, 5) is 20.5. The minimum absolute atomic E-state index is 0.0734. The summed E-state index contributed by atoms with van der Waals surface area (Å²) in [5.41, 5.74) is 0. The molecule has 1 N–H and O–H groups in total. The Bertz CT molecular complexity index is 112. The Labute approximate surface area is 60.8 Å². The van der Waals surface area contributed by atoms with Crippen LogP contribution in [0.25, 0.3) is 0 Å². The Morgan fingerprint density at radius 2 is 2.30 bits per heavy atom. The second kappa shape index (κ2) is 6.26. The molecule has 57 valence electrons. The van der Waals surface area contributed by atoms with Crippen LogP contribution in [0, 0.1) is 6.92 Å². The van der Waals surface area contributed by atoms with Gasteiger partial charge in [0.05, 0.1) is 0 Å². The first-order valence-electron chi connectivity index (χ1n) is 3.31. The lowest BCUT2D eigenvalue weighted by atomic mass is 10.3. The fourth-order valence-electron chi connectivity index (χ4n) is 0.506. The van der Waals surface area contributed by atoms with Crippen LogP contribution in [-0.2, 0) is 9.59 Å². The fraction of sp³-hybridized carbons (Fsp3) is 0.571. The van der Waals surface area contributed by atoms with E-state index in [0.29, 0.717) is 25.8 Å². The average Bonchev–Trinajstić information content (AvgIpc) is 1.97. The molecule has 0 heterocycles. The molecule has 0 aliphatic rings. The lowest BCUT2D eigenvalue weighted by molar-refractivity contribution is -0.122. The molecule has 3 heteroatoms. The third-order valence-corrected chi connectivity index (χ3v) is 0.988. The van der Waals surface area contributed by atoms with E-state index in [1.54, 1.807) is 0 Å². The lowest BCUT2D eigenvalue weighted by Crippen LogP contribution is -2.23. The van der Waals surface area contributed by atoms with Crippen LogP contribution in [0.1, 0.15) is 19.3 Å². The normalized spacial score (nSPS) is 8.90. The first-order valence-corrected chi connectivity index (χ1v) is 3.31. The average molecular weight is 142 g/mol. The minimum Gasteiger partial charge on any atom is -0.356 e. The van der Waals surface area contributed by atoms with Crippen molar-refractivity contribution in [3.8, 4) is 0 Å². The second-order valence-corrected chi connectivity index (χ2v) is 1.91. The van der Waals surface area contributed by atoms with Crippen molar-refractivity contribution in [1.29, 1.82) is 0 Å². The molecule has 0 aromatic carbocycles. The van der Waals surface area contributed by atoms with E-state index in [0.717, 1.165) is 6.29 Å². The van der Waals surface area contributed by atoms with E-state index in [1.165, 1.54) is 0 Å². The molecule has 10 heavy (non-hydrogen) atoms. The van der Waals surface area contributed by atoms with Crippen LogP contribution in [0.4, 0.5) is 0 Å². The van der Waals surface area contributed by atoms with E-state index in [-0.39, 0.29) is 5.91 Å². The van der Waals surface area contributed by atoms with E-state index < -0.39 is 0 Å². The largest absolute Gasteiger partial charge is 0.356 e. The van der Waals surface area contributed by atoms with Crippen LogP contribution in [-0.4, -0.2) is 18.7 Å². The van der Waals surface area contributed by atoms with Gasteiger partial charge < -0.3 is 10.1 Å². The zero-order chi connectivity index (χ0) is 7.82. The van der Waals surface area contributed by atoms with E-state index in [4.69, 9.17) is 0 Å². The van der Waals surface area contributed by atoms with Gasteiger partial charge in [-0.1, -0.05) is 6.92 Å². The van der Waals surface area contributed by atoms with Gasteiger partial charge in [-0.25, -0.2) is 0 Å². The van der Waals surface area contributed by atoms with Crippen LogP contribution in [0.2, 0.25) is 0 Å². The maximum absolute atomic E-state index is 10.7. The quantitative estimate of drug-likeness (QED) is 0.561. The third-order valence-electron chi connectivity index (χ3n) is 0.988. The molecule has 1 amide bonds. The highest BCUT2D eigenvalue weighted by atomic mass is 16.1. The van der Waals surface area contributed by atoms with Crippen LogP contribution in [0.3, 0.4) is 0 Å². The highest BCUT2D eigenvalue weighted by Gasteiger charge is 1.96. The van der Waals surface area contributed by atoms with Gasteiger partial charge in [0.2, 0.25) is 5.91 Å². The van der Waals surface area contributed by atoms with Crippen molar-refractivity contribution < 1.29 is 9.59 Å². The van der Waals surface area contributed by atoms with Gasteiger partial charge in [0.25, 0.3) is 0 Å². The first-order chi connectivity index (χ1) is 4.81. The van der Waals surface area contributed by atoms with Gasteiger partial charge in [-0.15, -0.1) is 0 Å². The minimum atomic E-state index is -0.0734. The molecular formula is C7H12NO2. The van der Waals surface area contributed by atoms with E-state index >= 15 is 0 Å². The van der Waals surface area contributed by atoms with Crippen molar-refractivity contribution in [3.63, 3.8) is 0 Å². The summed E-state index contributed by atoms with van der Waals surface area (Å²) >= 11 is 0. The summed E-state index contributed by atoms with van der Waals surface area (Å²) in [6, 6.07) is 0. The predicted molar refractivity (Wildman–Crippen MR) is 38.3 cm³/mol. The molecule has 0 aromatic rings. The molecule has 0 fully saturated rings. The molecule has 0 unspecified atom stereocenters. The molecule has 0 saturated heterocycles. The van der Waals surface area contributed by atoms with E-state index in [9.17, 15) is 9.59 Å². The summed E-state index contributed by atoms with van der Waals surface area (Å²) in [6.45, 7) is 4.15. The van der Waals surface area contributed by atoms with Gasteiger partial charge in [-0.3, -0.25) is 4.79 Å².